The lowest BCUT2D eigenvalue weighted by Gasteiger charge is -2.11. The molecule has 8 nitrogen and oxygen atoms in total. The van der Waals surface area contributed by atoms with Gasteiger partial charge in [-0.2, -0.15) is 5.10 Å². The third kappa shape index (κ3) is 4.69. The molecule has 31 heavy (non-hydrogen) atoms. The van der Waals surface area contributed by atoms with Gasteiger partial charge in [0.2, 0.25) is 5.91 Å². The van der Waals surface area contributed by atoms with E-state index in [9.17, 15) is 9.59 Å². The predicted molar refractivity (Wildman–Crippen MR) is 117 cm³/mol. The fourth-order valence-corrected chi connectivity index (χ4v) is 3.25. The van der Waals surface area contributed by atoms with E-state index in [4.69, 9.17) is 14.2 Å². The average Bonchev–Trinajstić information content (AvgIpc) is 3.14. The van der Waals surface area contributed by atoms with E-state index in [0.29, 0.717) is 17.2 Å². The standard InChI is InChI=1S/C23H25N3O5/c1-6-31-23(28)17-11-16(7-9-18(17)24-14(2)27)20-13-19(25-26(20)3)15-8-10-21(29-4)22(12-15)30-5/h7-13H,6H2,1-5H3,(H,24,27). The first-order valence-electron chi connectivity index (χ1n) is 9.73. The minimum atomic E-state index is -0.504. The van der Waals surface area contributed by atoms with Crippen molar-refractivity contribution in [2.45, 2.75) is 13.8 Å². The summed E-state index contributed by atoms with van der Waals surface area (Å²) in [4.78, 5) is 24.0. The average molecular weight is 423 g/mol. The number of carbonyl (C=O) groups excluding carboxylic acids is 2. The summed E-state index contributed by atoms with van der Waals surface area (Å²) in [7, 11) is 4.99. The van der Waals surface area contributed by atoms with Gasteiger partial charge in [0.05, 0.1) is 43.5 Å². The number of nitrogens with zero attached hydrogens (tertiary/aromatic N) is 2. The zero-order valence-corrected chi connectivity index (χ0v) is 18.2. The van der Waals surface area contributed by atoms with Crippen molar-refractivity contribution < 1.29 is 23.8 Å². The first-order chi connectivity index (χ1) is 14.9. The topological polar surface area (TPSA) is 91.7 Å². The van der Waals surface area contributed by atoms with Gasteiger partial charge in [-0.1, -0.05) is 6.07 Å². The van der Waals surface area contributed by atoms with Crippen LogP contribution in [0.25, 0.3) is 22.5 Å². The van der Waals surface area contributed by atoms with Crippen molar-refractivity contribution in [1.82, 2.24) is 9.78 Å². The minimum Gasteiger partial charge on any atom is -0.493 e. The van der Waals surface area contributed by atoms with Crippen LogP contribution in [0.2, 0.25) is 0 Å². The van der Waals surface area contributed by atoms with E-state index in [2.05, 4.69) is 10.4 Å². The Kier molecular flexibility index (Phi) is 6.59. The van der Waals surface area contributed by atoms with Crippen molar-refractivity contribution in [3.05, 3.63) is 48.0 Å². The zero-order chi connectivity index (χ0) is 22.5. The van der Waals surface area contributed by atoms with E-state index < -0.39 is 5.97 Å². The third-order valence-electron chi connectivity index (χ3n) is 4.68. The number of hydrogen-bond acceptors (Lipinski definition) is 6. The smallest absolute Gasteiger partial charge is 0.340 e. The van der Waals surface area contributed by atoms with Gasteiger partial charge in [-0.3, -0.25) is 9.48 Å². The lowest BCUT2D eigenvalue weighted by molar-refractivity contribution is -0.114. The Bertz CT molecular complexity index is 1120. The number of anilines is 1. The largest absolute Gasteiger partial charge is 0.493 e. The second-order valence-electron chi connectivity index (χ2n) is 6.77. The van der Waals surface area contributed by atoms with Gasteiger partial charge in [0.15, 0.2) is 11.5 Å². The number of nitrogens with one attached hydrogen (secondary N) is 1. The van der Waals surface area contributed by atoms with Crippen LogP contribution < -0.4 is 14.8 Å². The number of rotatable bonds is 7. The number of methoxy groups -OCH3 is 2. The summed E-state index contributed by atoms with van der Waals surface area (Å²) in [6.07, 6.45) is 0. The van der Waals surface area contributed by atoms with Gasteiger partial charge < -0.3 is 19.5 Å². The summed E-state index contributed by atoms with van der Waals surface area (Å²) < 4.78 is 17.6. The molecule has 0 bridgehead atoms. The van der Waals surface area contributed by atoms with Gasteiger partial charge in [-0.25, -0.2) is 4.79 Å². The summed E-state index contributed by atoms with van der Waals surface area (Å²) in [5, 5.41) is 7.28. The highest BCUT2D eigenvalue weighted by atomic mass is 16.5. The van der Waals surface area contributed by atoms with Crippen LogP contribution in [0.15, 0.2) is 42.5 Å². The normalized spacial score (nSPS) is 10.5. The number of amides is 1. The van der Waals surface area contributed by atoms with Gasteiger partial charge in [-0.15, -0.1) is 0 Å². The van der Waals surface area contributed by atoms with Crippen LogP contribution in [0.3, 0.4) is 0 Å². The maximum absolute atomic E-state index is 12.5. The summed E-state index contributed by atoms with van der Waals surface area (Å²) in [6, 6.07) is 12.7. The van der Waals surface area contributed by atoms with E-state index in [-0.39, 0.29) is 18.1 Å². The third-order valence-corrected chi connectivity index (χ3v) is 4.68. The number of esters is 1. The van der Waals surface area contributed by atoms with Crippen molar-refractivity contribution in [3.63, 3.8) is 0 Å². The summed E-state index contributed by atoms with van der Waals surface area (Å²) in [5.41, 5.74) is 3.84. The summed E-state index contributed by atoms with van der Waals surface area (Å²) in [6.45, 7) is 3.35. The fraction of sp³-hybridized carbons (Fsp3) is 0.261. The summed E-state index contributed by atoms with van der Waals surface area (Å²) >= 11 is 0. The Morgan fingerprint density at radius 3 is 2.35 bits per heavy atom. The van der Waals surface area contributed by atoms with Crippen LogP contribution >= 0.6 is 0 Å². The number of aryl methyl sites for hydroxylation is 1. The molecule has 1 N–H and O–H groups in total. The first-order valence-corrected chi connectivity index (χ1v) is 9.73. The Hall–Kier alpha value is -3.81. The minimum absolute atomic E-state index is 0.234. The second-order valence-corrected chi connectivity index (χ2v) is 6.77. The molecule has 1 aromatic heterocycles. The van der Waals surface area contributed by atoms with Crippen molar-refractivity contribution in [2.24, 2.45) is 7.05 Å². The molecule has 0 spiro atoms. The highest BCUT2D eigenvalue weighted by molar-refractivity contribution is 6.01. The van der Waals surface area contributed by atoms with Crippen molar-refractivity contribution in [2.75, 3.05) is 26.1 Å². The van der Waals surface area contributed by atoms with Gasteiger partial charge in [0.1, 0.15) is 0 Å². The van der Waals surface area contributed by atoms with Gasteiger partial charge in [0, 0.05) is 25.1 Å². The molecule has 1 heterocycles. The lowest BCUT2D eigenvalue weighted by atomic mass is 10.0. The molecule has 1 amide bonds. The van der Waals surface area contributed by atoms with Gasteiger partial charge in [0.25, 0.3) is 0 Å². The molecule has 3 rings (SSSR count). The van der Waals surface area contributed by atoms with Crippen LogP contribution in [0.1, 0.15) is 24.2 Å². The van der Waals surface area contributed by atoms with E-state index in [0.717, 1.165) is 22.5 Å². The molecular formula is C23H25N3O5. The SMILES string of the molecule is CCOC(=O)c1cc(-c2cc(-c3ccc(OC)c(OC)c3)nn2C)ccc1NC(C)=O. The molecule has 8 heteroatoms. The van der Waals surface area contributed by atoms with Crippen LogP contribution in [-0.4, -0.2) is 42.5 Å². The molecule has 0 aliphatic rings. The molecule has 0 saturated carbocycles. The number of carbonyl (C=O) groups is 2. The van der Waals surface area contributed by atoms with Crippen LogP contribution in [0, 0.1) is 0 Å². The van der Waals surface area contributed by atoms with E-state index in [1.165, 1.54) is 6.92 Å². The van der Waals surface area contributed by atoms with E-state index in [1.54, 1.807) is 38.0 Å². The van der Waals surface area contributed by atoms with Gasteiger partial charge >= 0.3 is 5.97 Å². The fourth-order valence-electron chi connectivity index (χ4n) is 3.25. The highest BCUT2D eigenvalue weighted by Gasteiger charge is 2.18. The summed E-state index contributed by atoms with van der Waals surface area (Å²) in [5.74, 6) is 0.469. The Morgan fingerprint density at radius 1 is 1.00 bits per heavy atom. The molecule has 0 unspecified atom stereocenters. The monoisotopic (exact) mass is 423 g/mol. The van der Waals surface area contributed by atoms with Crippen LogP contribution in [0.5, 0.6) is 11.5 Å². The van der Waals surface area contributed by atoms with Crippen molar-refractivity contribution in [3.8, 4) is 34.0 Å². The van der Waals surface area contributed by atoms with E-state index >= 15 is 0 Å². The Morgan fingerprint density at radius 2 is 1.71 bits per heavy atom. The molecule has 0 radical (unpaired) electrons. The van der Waals surface area contributed by atoms with Gasteiger partial charge in [-0.05, 0) is 43.3 Å². The molecule has 0 atom stereocenters. The molecule has 0 aliphatic heterocycles. The first kappa shape index (κ1) is 21.9. The molecule has 0 saturated heterocycles. The Labute approximate surface area is 180 Å². The molecule has 2 aromatic carbocycles. The Balaban J connectivity index is 2.04. The highest BCUT2D eigenvalue weighted by Crippen LogP contribution is 2.34. The van der Waals surface area contributed by atoms with E-state index in [1.807, 2.05) is 37.4 Å². The quantitative estimate of drug-likeness (QED) is 0.580. The number of benzene rings is 2. The maximum atomic E-state index is 12.5. The number of hydrogen-bond donors (Lipinski definition) is 1. The predicted octanol–water partition coefficient (Wildman–Crippen LogP) is 3.91. The molecule has 3 aromatic rings. The zero-order valence-electron chi connectivity index (χ0n) is 18.2. The molecule has 162 valence electrons. The number of ether oxygens (including phenoxy) is 3. The van der Waals surface area contributed by atoms with Crippen LogP contribution in [-0.2, 0) is 16.6 Å². The van der Waals surface area contributed by atoms with Crippen molar-refractivity contribution in [1.29, 1.82) is 0 Å². The molecular weight excluding hydrogens is 398 g/mol. The lowest BCUT2D eigenvalue weighted by Crippen LogP contribution is -2.13. The molecule has 0 fully saturated rings. The molecule has 0 aliphatic carbocycles. The second kappa shape index (κ2) is 9.34. The number of aromatic nitrogens is 2. The maximum Gasteiger partial charge on any atom is 0.340 e. The van der Waals surface area contributed by atoms with Crippen LogP contribution in [0.4, 0.5) is 5.69 Å². The van der Waals surface area contributed by atoms with Crippen molar-refractivity contribution >= 4 is 17.6 Å².